The lowest BCUT2D eigenvalue weighted by Gasteiger charge is -2.36. The molecule has 4 aliphatic heterocycles. The van der Waals surface area contributed by atoms with Crippen LogP contribution in [0.1, 0.15) is 24.4 Å². The number of likely N-dealkylation sites (tertiary alicyclic amines) is 1. The van der Waals surface area contributed by atoms with E-state index in [-0.39, 0.29) is 11.8 Å². The number of carbonyl (C=O) groups excluding carboxylic acids is 1. The predicted molar refractivity (Wildman–Crippen MR) is 111 cm³/mol. The average Bonchev–Trinajstić information content (AvgIpc) is 3.13. The summed E-state index contributed by atoms with van der Waals surface area (Å²) in [5.74, 6) is 4.48. The molecule has 0 bridgehead atoms. The second-order valence-electron chi connectivity index (χ2n) is 8.51. The van der Waals surface area contributed by atoms with Crippen LogP contribution in [0.3, 0.4) is 0 Å². The van der Waals surface area contributed by atoms with E-state index >= 15 is 0 Å². The largest absolute Gasteiger partial charge is 0.493 e. The van der Waals surface area contributed by atoms with Crippen molar-refractivity contribution in [3.05, 3.63) is 29.8 Å². The number of hydrogen-bond donors (Lipinski definition) is 0. The molecule has 0 spiro atoms. The Morgan fingerprint density at radius 3 is 2.75 bits per heavy atom. The van der Waals surface area contributed by atoms with E-state index in [0.717, 1.165) is 69.5 Å². The standard InChI is InChI=1S/C22H30N2O3S/c25-22(23-7-11-28-12-8-23)18-14-24(13-16-5-9-26-10-6-16)21-17-3-1-2-4-20(17)27-15-19(18)21/h1-4,16,18-19,21H,5-15H2/t18-,19+,21+/m1/s1. The third kappa shape index (κ3) is 3.55. The van der Waals surface area contributed by atoms with Crippen molar-refractivity contribution in [3.8, 4) is 5.75 Å². The first kappa shape index (κ1) is 18.8. The van der Waals surface area contributed by atoms with E-state index in [0.29, 0.717) is 24.5 Å². The number of para-hydroxylation sites is 1. The molecule has 0 aromatic heterocycles. The van der Waals surface area contributed by atoms with Crippen LogP contribution in [0.25, 0.3) is 0 Å². The van der Waals surface area contributed by atoms with Gasteiger partial charge in [-0.25, -0.2) is 0 Å². The van der Waals surface area contributed by atoms with Gasteiger partial charge < -0.3 is 14.4 Å². The van der Waals surface area contributed by atoms with Crippen LogP contribution >= 0.6 is 11.8 Å². The van der Waals surface area contributed by atoms with Gasteiger partial charge in [0.05, 0.1) is 12.5 Å². The molecule has 0 N–H and O–H groups in total. The molecule has 6 heteroatoms. The zero-order chi connectivity index (χ0) is 18.9. The van der Waals surface area contributed by atoms with Crippen LogP contribution in [0.2, 0.25) is 0 Å². The van der Waals surface area contributed by atoms with Gasteiger partial charge in [0.15, 0.2) is 0 Å². The first-order chi connectivity index (χ1) is 13.8. The van der Waals surface area contributed by atoms with Crippen molar-refractivity contribution in [3.63, 3.8) is 0 Å². The normalized spacial score (nSPS) is 31.1. The molecule has 4 heterocycles. The van der Waals surface area contributed by atoms with Gasteiger partial charge in [-0.05, 0) is 24.8 Å². The highest BCUT2D eigenvalue weighted by Crippen LogP contribution is 2.48. The van der Waals surface area contributed by atoms with Gasteiger partial charge in [0.25, 0.3) is 0 Å². The number of thioether (sulfide) groups is 1. The molecule has 4 aliphatic rings. The number of carbonyl (C=O) groups is 1. The Morgan fingerprint density at radius 1 is 1.14 bits per heavy atom. The molecule has 1 aromatic rings. The van der Waals surface area contributed by atoms with E-state index in [1.165, 1.54) is 5.56 Å². The maximum absolute atomic E-state index is 13.4. The Hall–Kier alpha value is -1.24. The number of nitrogens with zero attached hydrogens (tertiary/aromatic N) is 2. The molecule has 3 fully saturated rings. The summed E-state index contributed by atoms with van der Waals surface area (Å²) in [6, 6.07) is 8.74. The topological polar surface area (TPSA) is 42.0 Å². The minimum absolute atomic E-state index is 0.0568. The molecule has 5 rings (SSSR count). The minimum Gasteiger partial charge on any atom is -0.493 e. The van der Waals surface area contributed by atoms with Gasteiger partial charge in [0.2, 0.25) is 5.91 Å². The summed E-state index contributed by atoms with van der Waals surface area (Å²) in [6.45, 7) is 6.14. The zero-order valence-electron chi connectivity index (χ0n) is 16.4. The summed E-state index contributed by atoms with van der Waals surface area (Å²) in [5, 5.41) is 0. The summed E-state index contributed by atoms with van der Waals surface area (Å²) >= 11 is 1.96. The molecule has 28 heavy (non-hydrogen) atoms. The first-order valence-electron chi connectivity index (χ1n) is 10.7. The molecule has 1 aromatic carbocycles. The molecule has 5 nitrogen and oxygen atoms in total. The van der Waals surface area contributed by atoms with Gasteiger partial charge >= 0.3 is 0 Å². The first-order valence-corrected chi connectivity index (χ1v) is 11.9. The minimum atomic E-state index is 0.0568. The van der Waals surface area contributed by atoms with E-state index in [1.807, 2.05) is 17.8 Å². The van der Waals surface area contributed by atoms with Crippen molar-refractivity contribution in [1.29, 1.82) is 0 Å². The van der Waals surface area contributed by atoms with Crippen LogP contribution < -0.4 is 4.74 Å². The second kappa shape index (κ2) is 8.25. The van der Waals surface area contributed by atoms with Gasteiger partial charge in [-0.3, -0.25) is 9.69 Å². The predicted octanol–water partition coefficient (Wildman–Crippen LogP) is 2.67. The number of amides is 1. The molecule has 0 unspecified atom stereocenters. The lowest BCUT2D eigenvalue weighted by atomic mass is 9.84. The molecule has 1 amide bonds. The number of benzene rings is 1. The van der Waals surface area contributed by atoms with Crippen LogP contribution in [0.5, 0.6) is 5.75 Å². The molecule has 0 radical (unpaired) electrons. The second-order valence-corrected chi connectivity index (χ2v) is 9.74. The fraction of sp³-hybridized carbons (Fsp3) is 0.682. The number of hydrogen-bond acceptors (Lipinski definition) is 5. The van der Waals surface area contributed by atoms with E-state index in [2.05, 4.69) is 28.0 Å². The van der Waals surface area contributed by atoms with Gasteiger partial charge in [0, 0.05) is 68.4 Å². The van der Waals surface area contributed by atoms with Gasteiger partial charge in [-0.1, -0.05) is 18.2 Å². The molecular formula is C22H30N2O3S. The smallest absolute Gasteiger partial charge is 0.227 e. The molecule has 3 saturated heterocycles. The van der Waals surface area contributed by atoms with Gasteiger partial charge in [-0.2, -0.15) is 11.8 Å². The van der Waals surface area contributed by atoms with E-state index in [1.54, 1.807) is 0 Å². The molecular weight excluding hydrogens is 372 g/mol. The van der Waals surface area contributed by atoms with Crippen molar-refractivity contribution in [2.75, 3.05) is 57.5 Å². The molecule has 0 aliphatic carbocycles. The lowest BCUT2D eigenvalue weighted by molar-refractivity contribution is -0.136. The Morgan fingerprint density at radius 2 is 1.93 bits per heavy atom. The zero-order valence-corrected chi connectivity index (χ0v) is 17.2. The van der Waals surface area contributed by atoms with Crippen molar-refractivity contribution in [2.24, 2.45) is 17.8 Å². The highest BCUT2D eigenvalue weighted by Gasteiger charge is 2.50. The van der Waals surface area contributed by atoms with E-state index < -0.39 is 0 Å². The quantitative estimate of drug-likeness (QED) is 0.778. The van der Waals surface area contributed by atoms with E-state index in [9.17, 15) is 4.79 Å². The Kier molecular flexibility index (Phi) is 5.53. The molecule has 3 atom stereocenters. The van der Waals surface area contributed by atoms with Crippen LogP contribution in [0.4, 0.5) is 0 Å². The number of fused-ring (bicyclic) bond motifs is 3. The van der Waals surface area contributed by atoms with Crippen molar-refractivity contribution >= 4 is 17.7 Å². The molecule has 152 valence electrons. The Bertz CT molecular complexity index is 703. The summed E-state index contributed by atoms with van der Waals surface area (Å²) < 4.78 is 11.7. The fourth-order valence-electron chi connectivity index (χ4n) is 5.40. The maximum atomic E-state index is 13.4. The Balaban J connectivity index is 1.40. The third-order valence-corrected chi connectivity index (χ3v) is 7.83. The van der Waals surface area contributed by atoms with Crippen LogP contribution in [0, 0.1) is 17.8 Å². The summed E-state index contributed by atoms with van der Waals surface area (Å²) in [7, 11) is 0. The maximum Gasteiger partial charge on any atom is 0.227 e. The third-order valence-electron chi connectivity index (χ3n) is 6.89. The van der Waals surface area contributed by atoms with E-state index in [4.69, 9.17) is 9.47 Å². The highest BCUT2D eigenvalue weighted by molar-refractivity contribution is 7.99. The van der Waals surface area contributed by atoms with Crippen LogP contribution in [0.15, 0.2) is 24.3 Å². The number of rotatable bonds is 3. The number of ether oxygens (including phenoxy) is 2. The summed E-state index contributed by atoms with van der Waals surface area (Å²) in [6.07, 6.45) is 2.27. The fourth-order valence-corrected chi connectivity index (χ4v) is 6.30. The Labute approximate surface area is 171 Å². The monoisotopic (exact) mass is 402 g/mol. The van der Waals surface area contributed by atoms with Crippen molar-refractivity contribution < 1.29 is 14.3 Å². The SMILES string of the molecule is O=C([C@@H]1CN(CC2CCOCC2)[C@H]2c3ccccc3OC[C@@H]12)N1CCSCC1. The lowest BCUT2D eigenvalue weighted by Crippen LogP contribution is -2.44. The van der Waals surface area contributed by atoms with Crippen LogP contribution in [-0.2, 0) is 9.53 Å². The van der Waals surface area contributed by atoms with Gasteiger partial charge in [0.1, 0.15) is 5.75 Å². The average molecular weight is 403 g/mol. The molecule has 0 saturated carbocycles. The van der Waals surface area contributed by atoms with Crippen molar-refractivity contribution in [2.45, 2.75) is 18.9 Å². The van der Waals surface area contributed by atoms with Gasteiger partial charge in [-0.15, -0.1) is 0 Å². The van der Waals surface area contributed by atoms with Crippen molar-refractivity contribution in [1.82, 2.24) is 9.80 Å². The highest BCUT2D eigenvalue weighted by atomic mass is 32.2. The van der Waals surface area contributed by atoms with Crippen LogP contribution in [-0.4, -0.2) is 73.2 Å². The summed E-state index contributed by atoms with van der Waals surface area (Å²) in [5.41, 5.74) is 1.27. The summed E-state index contributed by atoms with van der Waals surface area (Å²) in [4.78, 5) is 18.1.